The molecule has 1 aromatic carbocycles. The highest BCUT2D eigenvalue weighted by Crippen LogP contribution is 2.40. The van der Waals surface area contributed by atoms with Crippen molar-refractivity contribution in [3.8, 4) is 11.3 Å². The van der Waals surface area contributed by atoms with Crippen LogP contribution < -0.4 is 5.32 Å². The van der Waals surface area contributed by atoms with Crippen LogP contribution in [0.25, 0.3) is 11.3 Å². The first kappa shape index (κ1) is 15.9. The number of halogens is 1. The Morgan fingerprint density at radius 3 is 2.52 bits per heavy atom. The lowest BCUT2D eigenvalue weighted by Gasteiger charge is -2.20. The number of nitrogens with one attached hydrogen (secondary N) is 1. The highest BCUT2D eigenvalue weighted by atomic mass is 32.1. The highest BCUT2D eigenvalue weighted by molar-refractivity contribution is 7.14. The molecule has 2 aliphatic rings. The van der Waals surface area contributed by atoms with Crippen molar-refractivity contribution in [3.05, 3.63) is 47.6 Å². The molecule has 25 heavy (non-hydrogen) atoms. The quantitative estimate of drug-likeness (QED) is 0.818. The Labute approximate surface area is 146 Å². The molecule has 2 aromatic rings. The van der Waals surface area contributed by atoms with Crippen LogP contribution in [-0.2, 0) is 14.3 Å². The normalized spacial score (nSPS) is 26.8. The predicted molar refractivity (Wildman–Crippen MR) is 88.6 cm³/mol. The van der Waals surface area contributed by atoms with Gasteiger partial charge in [-0.1, -0.05) is 12.2 Å². The first-order chi connectivity index (χ1) is 12.0. The van der Waals surface area contributed by atoms with Gasteiger partial charge in [0.25, 0.3) is 0 Å². The zero-order chi connectivity index (χ0) is 17.6. The third-order valence-corrected chi connectivity index (χ3v) is 5.12. The van der Waals surface area contributed by atoms with E-state index in [4.69, 9.17) is 4.74 Å². The molecule has 6 nitrogen and oxygen atoms in total. The number of nitrogens with zero attached hydrogens (tertiary/aromatic N) is 1. The van der Waals surface area contributed by atoms with Crippen molar-refractivity contribution in [2.45, 2.75) is 12.2 Å². The topological polar surface area (TPSA) is 88.5 Å². The number of amides is 1. The Morgan fingerprint density at radius 2 is 1.84 bits per heavy atom. The van der Waals surface area contributed by atoms with Gasteiger partial charge in [-0.05, 0) is 24.3 Å². The molecule has 0 radical (unpaired) electrons. The standard InChI is InChI=1S/C17H13FN2O4S/c18-9-3-1-8(2-4-9)10-7-25-17(19-10)20-15(21)13-11-5-6-12(24-11)14(13)16(22)23/h1-7,11-14H,(H,22,23)(H,19,20,21)/t11-,12-,13-,14-/m1/s1. The van der Waals surface area contributed by atoms with E-state index >= 15 is 0 Å². The van der Waals surface area contributed by atoms with Crippen molar-refractivity contribution in [1.82, 2.24) is 4.98 Å². The van der Waals surface area contributed by atoms with Crippen LogP contribution in [0.1, 0.15) is 0 Å². The van der Waals surface area contributed by atoms with E-state index in [-0.39, 0.29) is 5.82 Å². The molecule has 0 aliphatic carbocycles. The van der Waals surface area contributed by atoms with E-state index in [1.165, 1.54) is 23.5 Å². The Morgan fingerprint density at radius 1 is 1.16 bits per heavy atom. The van der Waals surface area contributed by atoms with E-state index in [1.807, 2.05) is 0 Å². The number of aliphatic carboxylic acids is 1. The van der Waals surface area contributed by atoms with Crippen LogP contribution >= 0.6 is 11.3 Å². The molecule has 2 N–H and O–H groups in total. The second-order valence-electron chi connectivity index (χ2n) is 5.87. The monoisotopic (exact) mass is 360 g/mol. The van der Waals surface area contributed by atoms with E-state index in [9.17, 15) is 19.1 Å². The number of aromatic nitrogens is 1. The zero-order valence-electron chi connectivity index (χ0n) is 12.8. The van der Waals surface area contributed by atoms with Gasteiger partial charge in [-0.25, -0.2) is 9.37 Å². The summed E-state index contributed by atoms with van der Waals surface area (Å²) in [4.78, 5) is 28.3. The lowest BCUT2D eigenvalue weighted by molar-refractivity contribution is -0.145. The lowest BCUT2D eigenvalue weighted by Crippen LogP contribution is -2.39. The maximum absolute atomic E-state index is 13.0. The number of carbonyl (C=O) groups is 2. The Bertz CT molecular complexity index is 864. The van der Waals surface area contributed by atoms with Gasteiger partial charge >= 0.3 is 5.97 Å². The number of ether oxygens (including phenoxy) is 1. The van der Waals surface area contributed by atoms with Gasteiger partial charge in [-0.2, -0.15) is 0 Å². The summed E-state index contributed by atoms with van der Waals surface area (Å²) in [6.45, 7) is 0. The van der Waals surface area contributed by atoms with E-state index in [0.717, 1.165) is 5.56 Å². The van der Waals surface area contributed by atoms with E-state index < -0.39 is 35.9 Å². The summed E-state index contributed by atoms with van der Waals surface area (Å²) >= 11 is 1.22. The number of anilines is 1. The third kappa shape index (κ3) is 2.83. The molecule has 3 heterocycles. The first-order valence-corrected chi connectivity index (χ1v) is 8.50. The molecule has 1 aromatic heterocycles. The van der Waals surface area contributed by atoms with Gasteiger partial charge in [0.15, 0.2) is 5.13 Å². The molecule has 2 bridgehead atoms. The molecule has 0 unspecified atom stereocenters. The molecule has 8 heteroatoms. The maximum atomic E-state index is 13.0. The van der Waals surface area contributed by atoms with Crippen LogP contribution in [0.2, 0.25) is 0 Å². The number of fused-ring (bicyclic) bond motifs is 2. The van der Waals surface area contributed by atoms with Crippen molar-refractivity contribution < 1.29 is 23.8 Å². The summed E-state index contributed by atoms with van der Waals surface area (Å²) < 4.78 is 18.5. The maximum Gasteiger partial charge on any atom is 0.310 e. The predicted octanol–water partition coefficient (Wildman–Crippen LogP) is 2.54. The summed E-state index contributed by atoms with van der Waals surface area (Å²) in [7, 11) is 0. The number of carbonyl (C=O) groups excluding carboxylic acids is 1. The molecule has 4 rings (SSSR count). The van der Waals surface area contributed by atoms with Crippen LogP contribution in [0.5, 0.6) is 0 Å². The Balaban J connectivity index is 1.51. The van der Waals surface area contributed by atoms with Crippen molar-refractivity contribution in [3.63, 3.8) is 0 Å². The Hall–Kier alpha value is -2.58. The van der Waals surface area contributed by atoms with Gasteiger partial charge in [0, 0.05) is 10.9 Å². The largest absolute Gasteiger partial charge is 0.481 e. The molecule has 1 amide bonds. The van der Waals surface area contributed by atoms with E-state index in [0.29, 0.717) is 10.8 Å². The van der Waals surface area contributed by atoms with Crippen LogP contribution in [-0.4, -0.2) is 34.2 Å². The van der Waals surface area contributed by atoms with Crippen LogP contribution in [0, 0.1) is 17.7 Å². The average molecular weight is 360 g/mol. The number of benzene rings is 1. The summed E-state index contributed by atoms with van der Waals surface area (Å²) in [6.07, 6.45) is 2.32. The molecule has 1 saturated heterocycles. The van der Waals surface area contributed by atoms with Crippen LogP contribution in [0.3, 0.4) is 0 Å². The number of hydrogen-bond donors (Lipinski definition) is 2. The average Bonchev–Trinajstić information content (AvgIpc) is 3.30. The number of hydrogen-bond acceptors (Lipinski definition) is 5. The minimum atomic E-state index is -1.05. The molecule has 2 aliphatic heterocycles. The van der Waals surface area contributed by atoms with Gasteiger partial charge in [0.05, 0.1) is 23.8 Å². The molecular formula is C17H13FN2O4S. The molecule has 128 valence electrons. The third-order valence-electron chi connectivity index (χ3n) is 4.36. The SMILES string of the molecule is O=C(O)[C@H]1[C@H](C(=O)Nc2nc(-c3ccc(F)cc3)cs2)[C@H]2C=C[C@H]1O2. The minimum Gasteiger partial charge on any atom is -0.481 e. The number of thiazole rings is 1. The fourth-order valence-electron chi connectivity index (χ4n) is 3.19. The highest BCUT2D eigenvalue weighted by Gasteiger charge is 2.53. The number of carboxylic acid groups (broad SMARTS) is 1. The van der Waals surface area contributed by atoms with Gasteiger partial charge in [0.1, 0.15) is 11.7 Å². The lowest BCUT2D eigenvalue weighted by atomic mass is 9.82. The second-order valence-corrected chi connectivity index (χ2v) is 6.73. The molecule has 0 saturated carbocycles. The van der Waals surface area contributed by atoms with Crippen molar-refractivity contribution >= 4 is 28.3 Å². The molecular weight excluding hydrogens is 347 g/mol. The fraction of sp³-hybridized carbons (Fsp3) is 0.235. The molecule has 0 spiro atoms. The van der Waals surface area contributed by atoms with Crippen molar-refractivity contribution in [2.75, 3.05) is 5.32 Å². The summed E-state index contributed by atoms with van der Waals surface area (Å²) in [5.41, 5.74) is 1.34. The summed E-state index contributed by atoms with van der Waals surface area (Å²) in [6, 6.07) is 5.88. The van der Waals surface area contributed by atoms with Crippen LogP contribution in [0.15, 0.2) is 41.8 Å². The molecule has 4 atom stereocenters. The van der Waals surface area contributed by atoms with Gasteiger partial charge in [0.2, 0.25) is 5.91 Å². The minimum absolute atomic E-state index is 0.337. The Kier molecular flexibility index (Phi) is 3.85. The van der Waals surface area contributed by atoms with Crippen molar-refractivity contribution in [2.24, 2.45) is 11.8 Å². The summed E-state index contributed by atoms with van der Waals surface area (Å²) in [5.74, 6) is -3.50. The van der Waals surface area contributed by atoms with Crippen LogP contribution in [0.4, 0.5) is 9.52 Å². The van der Waals surface area contributed by atoms with Gasteiger partial charge in [-0.15, -0.1) is 11.3 Å². The number of carboxylic acids is 1. The van der Waals surface area contributed by atoms with E-state index in [1.54, 1.807) is 29.7 Å². The smallest absolute Gasteiger partial charge is 0.310 e. The van der Waals surface area contributed by atoms with E-state index in [2.05, 4.69) is 10.3 Å². The number of rotatable bonds is 4. The first-order valence-electron chi connectivity index (χ1n) is 7.62. The van der Waals surface area contributed by atoms with Gasteiger partial charge in [-0.3, -0.25) is 9.59 Å². The van der Waals surface area contributed by atoms with Gasteiger partial charge < -0.3 is 15.2 Å². The van der Waals surface area contributed by atoms with Crippen molar-refractivity contribution in [1.29, 1.82) is 0 Å². The fourth-order valence-corrected chi connectivity index (χ4v) is 3.91. The second kappa shape index (κ2) is 6.05. The summed E-state index contributed by atoms with van der Waals surface area (Å²) in [5, 5.41) is 14.1. The zero-order valence-corrected chi connectivity index (χ0v) is 13.6. The molecule has 1 fully saturated rings.